The van der Waals surface area contributed by atoms with Gasteiger partial charge in [0.2, 0.25) is 5.88 Å². The monoisotopic (exact) mass is 340 g/mol. The summed E-state index contributed by atoms with van der Waals surface area (Å²) in [6.07, 6.45) is 2.69. The van der Waals surface area contributed by atoms with Gasteiger partial charge in [0, 0.05) is 39.0 Å². The lowest BCUT2D eigenvalue weighted by Crippen LogP contribution is -2.23. The van der Waals surface area contributed by atoms with Crippen LogP contribution < -0.4 is 10.1 Å². The summed E-state index contributed by atoms with van der Waals surface area (Å²) in [4.78, 5) is 5.62. The molecule has 3 nitrogen and oxygen atoms in total. The fourth-order valence-electron chi connectivity index (χ4n) is 2.04. The minimum Gasteiger partial charge on any atom is -0.481 e. The van der Waals surface area contributed by atoms with Crippen LogP contribution in [0.25, 0.3) is 0 Å². The Hall–Kier alpha value is -0.910. The number of methoxy groups -OCH3 is 1. The van der Waals surface area contributed by atoms with Crippen molar-refractivity contribution in [1.29, 1.82) is 0 Å². The van der Waals surface area contributed by atoms with Gasteiger partial charge < -0.3 is 10.1 Å². The van der Waals surface area contributed by atoms with E-state index in [9.17, 15) is 0 Å². The van der Waals surface area contributed by atoms with Gasteiger partial charge in [-0.15, -0.1) is 11.3 Å². The number of halogens is 1. The van der Waals surface area contributed by atoms with E-state index in [1.165, 1.54) is 4.88 Å². The molecule has 0 fully saturated rings. The highest BCUT2D eigenvalue weighted by atomic mass is 79.9. The number of thiophene rings is 1. The quantitative estimate of drug-likeness (QED) is 0.868. The number of ether oxygens (including phenoxy) is 1. The maximum absolute atomic E-state index is 5.36. The van der Waals surface area contributed by atoms with Crippen LogP contribution in [0.5, 0.6) is 5.88 Å². The van der Waals surface area contributed by atoms with Crippen molar-refractivity contribution in [2.24, 2.45) is 0 Å². The first-order valence-electron chi connectivity index (χ1n) is 6.19. The zero-order valence-corrected chi connectivity index (χ0v) is 13.4. The van der Waals surface area contributed by atoms with Gasteiger partial charge in [0.15, 0.2) is 0 Å². The Labute approximate surface area is 126 Å². The number of pyridine rings is 1. The Morgan fingerprint density at radius 1 is 1.53 bits per heavy atom. The smallest absolute Gasteiger partial charge is 0.217 e. The Bertz CT molecular complexity index is 530. The number of aromatic nitrogens is 1. The van der Waals surface area contributed by atoms with E-state index in [0.717, 1.165) is 23.0 Å². The second-order valence-electron chi connectivity index (χ2n) is 4.15. The average molecular weight is 341 g/mol. The summed E-state index contributed by atoms with van der Waals surface area (Å²) in [6.45, 7) is 3.02. The molecular weight excluding hydrogens is 324 g/mol. The van der Waals surface area contributed by atoms with Gasteiger partial charge in [0.1, 0.15) is 0 Å². The van der Waals surface area contributed by atoms with Crippen LogP contribution in [-0.2, 0) is 6.42 Å². The standard InChI is InChI=1S/C14H17BrN2OS/c1-3-16-13(8-11-7-10(15)9-19-11)12-5-4-6-17-14(12)18-2/h4-7,9,13,16H,3,8H2,1-2H3. The summed E-state index contributed by atoms with van der Waals surface area (Å²) in [5.74, 6) is 0.698. The highest BCUT2D eigenvalue weighted by Gasteiger charge is 2.17. The van der Waals surface area contributed by atoms with Crippen molar-refractivity contribution in [2.45, 2.75) is 19.4 Å². The van der Waals surface area contributed by atoms with Gasteiger partial charge >= 0.3 is 0 Å². The molecule has 1 N–H and O–H groups in total. The topological polar surface area (TPSA) is 34.2 Å². The predicted octanol–water partition coefficient (Wildman–Crippen LogP) is 3.81. The van der Waals surface area contributed by atoms with Gasteiger partial charge in [0.25, 0.3) is 0 Å². The molecule has 2 aromatic heterocycles. The van der Waals surface area contributed by atoms with E-state index < -0.39 is 0 Å². The number of nitrogens with one attached hydrogen (secondary N) is 1. The van der Waals surface area contributed by atoms with Gasteiger partial charge in [-0.2, -0.15) is 0 Å². The first-order valence-corrected chi connectivity index (χ1v) is 7.87. The van der Waals surface area contributed by atoms with Crippen molar-refractivity contribution < 1.29 is 4.74 Å². The first-order chi connectivity index (χ1) is 9.24. The fourth-order valence-corrected chi connectivity index (χ4v) is 3.54. The normalized spacial score (nSPS) is 12.4. The molecule has 19 heavy (non-hydrogen) atoms. The summed E-state index contributed by atoms with van der Waals surface area (Å²) in [7, 11) is 1.66. The molecule has 0 aliphatic heterocycles. The molecule has 0 bridgehead atoms. The second-order valence-corrected chi connectivity index (χ2v) is 6.06. The Morgan fingerprint density at radius 3 is 3.00 bits per heavy atom. The van der Waals surface area contributed by atoms with E-state index in [4.69, 9.17) is 4.74 Å². The van der Waals surface area contributed by atoms with Crippen LogP contribution in [0, 0.1) is 0 Å². The molecule has 0 spiro atoms. The van der Waals surface area contributed by atoms with Crippen molar-refractivity contribution in [3.63, 3.8) is 0 Å². The maximum atomic E-state index is 5.36. The molecule has 2 rings (SSSR count). The summed E-state index contributed by atoms with van der Waals surface area (Å²) in [6, 6.07) is 6.41. The van der Waals surface area contributed by atoms with Crippen molar-refractivity contribution >= 4 is 27.3 Å². The molecule has 1 unspecified atom stereocenters. The van der Waals surface area contributed by atoms with E-state index in [0.29, 0.717) is 5.88 Å². The zero-order chi connectivity index (χ0) is 13.7. The lowest BCUT2D eigenvalue weighted by Gasteiger charge is -2.19. The van der Waals surface area contributed by atoms with Gasteiger partial charge in [-0.05, 0) is 34.6 Å². The summed E-state index contributed by atoms with van der Waals surface area (Å²) >= 11 is 5.26. The minimum atomic E-state index is 0.221. The lowest BCUT2D eigenvalue weighted by molar-refractivity contribution is 0.382. The van der Waals surface area contributed by atoms with Crippen molar-refractivity contribution in [1.82, 2.24) is 10.3 Å². The molecule has 0 amide bonds. The lowest BCUT2D eigenvalue weighted by atomic mass is 10.0. The van der Waals surface area contributed by atoms with E-state index in [-0.39, 0.29) is 6.04 Å². The average Bonchev–Trinajstić information content (AvgIpc) is 2.84. The number of likely N-dealkylation sites (N-methyl/N-ethyl adjacent to an activating group) is 1. The van der Waals surface area contributed by atoms with Gasteiger partial charge in [-0.3, -0.25) is 0 Å². The minimum absolute atomic E-state index is 0.221. The molecule has 0 aliphatic rings. The first kappa shape index (κ1) is 14.5. The Balaban J connectivity index is 2.23. The fraction of sp³-hybridized carbons (Fsp3) is 0.357. The molecule has 5 heteroatoms. The maximum Gasteiger partial charge on any atom is 0.217 e. The van der Waals surface area contributed by atoms with Gasteiger partial charge in [-0.1, -0.05) is 13.0 Å². The van der Waals surface area contributed by atoms with Crippen LogP contribution in [0.2, 0.25) is 0 Å². The van der Waals surface area contributed by atoms with Crippen LogP contribution in [0.4, 0.5) is 0 Å². The second kappa shape index (κ2) is 7.03. The van der Waals surface area contributed by atoms with Gasteiger partial charge in [0.05, 0.1) is 7.11 Å². The van der Waals surface area contributed by atoms with Crippen LogP contribution >= 0.6 is 27.3 Å². The SMILES string of the molecule is CCNC(Cc1cc(Br)cs1)c1cccnc1OC. The van der Waals surface area contributed by atoms with Gasteiger partial charge in [-0.25, -0.2) is 4.98 Å². The third kappa shape index (κ3) is 3.78. The molecule has 1 atom stereocenters. The number of hydrogen-bond acceptors (Lipinski definition) is 4. The molecule has 0 radical (unpaired) electrons. The molecule has 0 aromatic carbocycles. The number of rotatable bonds is 6. The van der Waals surface area contributed by atoms with Crippen LogP contribution in [0.1, 0.15) is 23.4 Å². The number of nitrogens with zero attached hydrogens (tertiary/aromatic N) is 1. The van der Waals surface area contributed by atoms with Crippen molar-refractivity contribution in [2.75, 3.05) is 13.7 Å². The third-order valence-electron chi connectivity index (χ3n) is 2.85. The highest BCUT2D eigenvalue weighted by molar-refractivity contribution is 9.10. The third-order valence-corrected chi connectivity index (χ3v) is 4.57. The van der Waals surface area contributed by atoms with Crippen LogP contribution in [-0.4, -0.2) is 18.6 Å². The van der Waals surface area contributed by atoms with Crippen molar-refractivity contribution in [3.8, 4) is 5.88 Å². The summed E-state index contributed by atoms with van der Waals surface area (Å²) in [5, 5.41) is 5.61. The van der Waals surface area contributed by atoms with E-state index >= 15 is 0 Å². The Morgan fingerprint density at radius 2 is 2.37 bits per heavy atom. The zero-order valence-electron chi connectivity index (χ0n) is 11.0. The Kier molecular flexibility index (Phi) is 5.36. The predicted molar refractivity (Wildman–Crippen MR) is 82.9 cm³/mol. The molecule has 0 saturated heterocycles. The summed E-state index contributed by atoms with van der Waals surface area (Å²) < 4.78 is 6.50. The van der Waals surface area contributed by atoms with E-state index in [1.54, 1.807) is 24.6 Å². The molecule has 0 saturated carbocycles. The van der Waals surface area contributed by atoms with Crippen molar-refractivity contribution in [3.05, 3.63) is 44.7 Å². The number of hydrogen-bond donors (Lipinski definition) is 1. The van der Waals surface area contributed by atoms with E-state index in [2.05, 4.69) is 50.7 Å². The van der Waals surface area contributed by atoms with E-state index in [1.807, 2.05) is 6.07 Å². The molecule has 2 aromatic rings. The largest absolute Gasteiger partial charge is 0.481 e. The summed E-state index contributed by atoms with van der Waals surface area (Å²) in [5.41, 5.74) is 1.11. The van der Waals surface area contributed by atoms with Crippen LogP contribution in [0.3, 0.4) is 0 Å². The molecule has 2 heterocycles. The molecule has 102 valence electrons. The van der Waals surface area contributed by atoms with Crippen LogP contribution in [0.15, 0.2) is 34.2 Å². The molecular formula is C14H17BrN2OS. The highest BCUT2D eigenvalue weighted by Crippen LogP contribution is 2.29. The molecule has 0 aliphatic carbocycles.